The standard InChI is InChI=1S/C24H38ClNO5/c1-9-17(10-2)21(30-19-13-11-12-18(25)14-19)16(5)29-22(27)20(15(3)4)26-23(28)31-24(6,7)8/h11-17,20-21H,9-10H2,1-8H3,(H,26,28)/t16-,20-,21-/m0/s1. The number of hydrogen-bond acceptors (Lipinski definition) is 5. The van der Waals surface area contributed by atoms with Crippen molar-refractivity contribution in [3.63, 3.8) is 0 Å². The molecule has 0 heterocycles. The van der Waals surface area contributed by atoms with Crippen LogP contribution in [0.25, 0.3) is 0 Å². The highest BCUT2D eigenvalue weighted by atomic mass is 35.5. The van der Waals surface area contributed by atoms with Crippen LogP contribution in [-0.4, -0.2) is 35.9 Å². The number of carbonyl (C=O) groups excluding carboxylic acids is 2. The van der Waals surface area contributed by atoms with Crippen LogP contribution in [0.15, 0.2) is 24.3 Å². The molecule has 3 atom stereocenters. The van der Waals surface area contributed by atoms with Crippen molar-refractivity contribution < 1.29 is 23.8 Å². The van der Waals surface area contributed by atoms with E-state index in [0.717, 1.165) is 12.8 Å². The fourth-order valence-electron chi connectivity index (χ4n) is 3.28. The first-order valence-corrected chi connectivity index (χ1v) is 11.4. The van der Waals surface area contributed by atoms with Crippen molar-refractivity contribution in [3.8, 4) is 5.75 Å². The van der Waals surface area contributed by atoms with Gasteiger partial charge in [0.25, 0.3) is 0 Å². The van der Waals surface area contributed by atoms with Gasteiger partial charge in [-0.15, -0.1) is 0 Å². The second-order valence-electron chi connectivity index (χ2n) is 9.13. The van der Waals surface area contributed by atoms with E-state index in [1.165, 1.54) is 0 Å². The SMILES string of the molecule is CCC(CC)[C@@H](Oc1cccc(Cl)c1)[C@H](C)OC(=O)[C@@H](NC(=O)OC(C)(C)C)C(C)C. The molecule has 31 heavy (non-hydrogen) atoms. The third kappa shape index (κ3) is 9.38. The lowest BCUT2D eigenvalue weighted by Crippen LogP contribution is -2.49. The lowest BCUT2D eigenvalue weighted by atomic mass is 9.93. The molecule has 6 nitrogen and oxygen atoms in total. The molecule has 0 radical (unpaired) electrons. The van der Waals surface area contributed by atoms with Crippen LogP contribution in [0, 0.1) is 11.8 Å². The molecule has 0 saturated heterocycles. The summed E-state index contributed by atoms with van der Waals surface area (Å²) in [5.74, 6) is 0.115. The van der Waals surface area contributed by atoms with Crippen molar-refractivity contribution in [1.82, 2.24) is 5.32 Å². The van der Waals surface area contributed by atoms with Gasteiger partial charge in [-0.05, 0) is 70.6 Å². The maximum atomic E-state index is 12.9. The van der Waals surface area contributed by atoms with E-state index >= 15 is 0 Å². The highest BCUT2D eigenvalue weighted by Gasteiger charge is 2.34. The number of esters is 1. The van der Waals surface area contributed by atoms with E-state index in [-0.39, 0.29) is 17.9 Å². The van der Waals surface area contributed by atoms with Gasteiger partial charge in [-0.2, -0.15) is 0 Å². The predicted molar refractivity (Wildman–Crippen MR) is 123 cm³/mol. The third-order valence-corrected chi connectivity index (χ3v) is 5.17. The zero-order valence-electron chi connectivity index (χ0n) is 20.0. The summed E-state index contributed by atoms with van der Waals surface area (Å²) in [4.78, 5) is 25.1. The summed E-state index contributed by atoms with van der Waals surface area (Å²) in [7, 11) is 0. The number of halogens is 1. The van der Waals surface area contributed by atoms with E-state index < -0.39 is 29.8 Å². The molecular formula is C24H38ClNO5. The molecular weight excluding hydrogens is 418 g/mol. The Morgan fingerprint density at radius 3 is 2.19 bits per heavy atom. The summed E-state index contributed by atoms with van der Waals surface area (Å²) >= 11 is 6.09. The number of benzene rings is 1. The first kappa shape index (κ1) is 27.1. The molecule has 7 heteroatoms. The van der Waals surface area contributed by atoms with Gasteiger partial charge in [0.1, 0.15) is 29.6 Å². The highest BCUT2D eigenvalue weighted by Crippen LogP contribution is 2.26. The Morgan fingerprint density at radius 1 is 1.10 bits per heavy atom. The van der Waals surface area contributed by atoms with Gasteiger partial charge in [-0.25, -0.2) is 9.59 Å². The molecule has 1 rings (SSSR count). The summed E-state index contributed by atoms with van der Waals surface area (Å²) in [6, 6.07) is 6.34. The molecule has 0 aliphatic heterocycles. The van der Waals surface area contributed by atoms with E-state index in [2.05, 4.69) is 19.2 Å². The fraction of sp³-hybridized carbons (Fsp3) is 0.667. The summed E-state index contributed by atoms with van der Waals surface area (Å²) in [5, 5.41) is 3.21. The van der Waals surface area contributed by atoms with Gasteiger partial charge in [0.05, 0.1) is 0 Å². The van der Waals surface area contributed by atoms with Crippen molar-refractivity contribution in [3.05, 3.63) is 29.3 Å². The van der Waals surface area contributed by atoms with Crippen molar-refractivity contribution in [2.45, 2.75) is 92.1 Å². The second-order valence-corrected chi connectivity index (χ2v) is 9.56. The highest BCUT2D eigenvalue weighted by molar-refractivity contribution is 6.30. The molecule has 0 unspecified atom stereocenters. The van der Waals surface area contributed by atoms with Gasteiger partial charge in [0, 0.05) is 5.02 Å². The number of ether oxygens (including phenoxy) is 3. The van der Waals surface area contributed by atoms with Crippen LogP contribution in [0.1, 0.15) is 68.2 Å². The molecule has 0 fully saturated rings. The normalized spacial score (nSPS) is 14.7. The molecule has 0 aliphatic carbocycles. The zero-order valence-corrected chi connectivity index (χ0v) is 20.8. The number of alkyl carbamates (subject to hydrolysis) is 1. The van der Waals surface area contributed by atoms with E-state index in [0.29, 0.717) is 10.8 Å². The summed E-state index contributed by atoms with van der Waals surface area (Å²) in [6.07, 6.45) is 0.202. The van der Waals surface area contributed by atoms with Crippen molar-refractivity contribution in [2.75, 3.05) is 0 Å². The molecule has 0 spiro atoms. The summed E-state index contributed by atoms with van der Waals surface area (Å²) in [5.41, 5.74) is -0.659. The van der Waals surface area contributed by atoms with Gasteiger partial charge in [-0.3, -0.25) is 0 Å². The minimum absolute atomic E-state index is 0.173. The van der Waals surface area contributed by atoms with E-state index in [1.54, 1.807) is 32.9 Å². The first-order chi connectivity index (χ1) is 14.4. The van der Waals surface area contributed by atoms with Gasteiger partial charge in [-0.1, -0.05) is 45.4 Å². The van der Waals surface area contributed by atoms with Crippen LogP contribution in [-0.2, 0) is 14.3 Å². The molecule has 1 aromatic rings. The van der Waals surface area contributed by atoms with Gasteiger partial charge >= 0.3 is 12.1 Å². The molecule has 1 aromatic carbocycles. The van der Waals surface area contributed by atoms with Gasteiger partial charge in [0.15, 0.2) is 0 Å². The molecule has 0 saturated carbocycles. The lowest BCUT2D eigenvalue weighted by molar-refractivity contribution is -0.158. The average molecular weight is 456 g/mol. The maximum absolute atomic E-state index is 12.9. The van der Waals surface area contributed by atoms with Crippen LogP contribution >= 0.6 is 11.6 Å². The Hall–Kier alpha value is -1.95. The summed E-state index contributed by atoms with van der Waals surface area (Å²) < 4.78 is 17.3. The third-order valence-electron chi connectivity index (χ3n) is 4.94. The number of rotatable bonds is 10. The van der Waals surface area contributed by atoms with E-state index in [9.17, 15) is 9.59 Å². The zero-order chi connectivity index (χ0) is 23.8. The summed E-state index contributed by atoms with van der Waals surface area (Å²) in [6.45, 7) is 15.0. The minimum Gasteiger partial charge on any atom is -0.486 e. The average Bonchev–Trinajstić information content (AvgIpc) is 2.64. The fourth-order valence-corrected chi connectivity index (χ4v) is 3.46. The quantitative estimate of drug-likeness (QED) is 0.437. The largest absolute Gasteiger partial charge is 0.486 e. The van der Waals surface area contributed by atoms with E-state index in [1.807, 2.05) is 32.9 Å². The Balaban J connectivity index is 2.96. The Bertz CT molecular complexity index is 712. The van der Waals surface area contributed by atoms with Crippen LogP contribution in [0.2, 0.25) is 5.02 Å². The Morgan fingerprint density at radius 2 is 1.71 bits per heavy atom. The smallest absolute Gasteiger partial charge is 0.408 e. The molecule has 1 amide bonds. The Labute approximate surface area is 192 Å². The predicted octanol–water partition coefficient (Wildman–Crippen LogP) is 6.00. The van der Waals surface area contributed by atoms with Crippen LogP contribution in [0.4, 0.5) is 4.79 Å². The van der Waals surface area contributed by atoms with E-state index in [4.69, 9.17) is 25.8 Å². The number of hydrogen-bond donors (Lipinski definition) is 1. The number of carbonyl (C=O) groups is 2. The van der Waals surface area contributed by atoms with Crippen LogP contribution in [0.3, 0.4) is 0 Å². The van der Waals surface area contributed by atoms with Crippen LogP contribution in [0.5, 0.6) is 5.75 Å². The molecule has 0 aliphatic rings. The lowest BCUT2D eigenvalue weighted by Gasteiger charge is -2.32. The Kier molecular flexibility index (Phi) is 10.6. The number of amides is 1. The maximum Gasteiger partial charge on any atom is 0.408 e. The first-order valence-electron chi connectivity index (χ1n) is 11.0. The van der Waals surface area contributed by atoms with Gasteiger partial charge in [0.2, 0.25) is 0 Å². The van der Waals surface area contributed by atoms with Gasteiger partial charge < -0.3 is 19.5 Å². The molecule has 176 valence electrons. The van der Waals surface area contributed by atoms with Crippen molar-refractivity contribution in [1.29, 1.82) is 0 Å². The van der Waals surface area contributed by atoms with Crippen molar-refractivity contribution >= 4 is 23.7 Å². The van der Waals surface area contributed by atoms with Crippen LogP contribution < -0.4 is 10.1 Å². The molecule has 0 bridgehead atoms. The minimum atomic E-state index is -0.828. The molecule has 0 aromatic heterocycles. The topological polar surface area (TPSA) is 73.9 Å². The monoisotopic (exact) mass is 455 g/mol. The second kappa shape index (κ2) is 12.2. The van der Waals surface area contributed by atoms with Crippen molar-refractivity contribution in [2.24, 2.45) is 11.8 Å². The number of nitrogens with one attached hydrogen (secondary N) is 1. The molecule has 1 N–H and O–H groups in total.